The average molecular weight is 377 g/mol. The summed E-state index contributed by atoms with van der Waals surface area (Å²) in [5, 5.41) is 13.3. The summed E-state index contributed by atoms with van der Waals surface area (Å²) in [4.78, 5) is 16.3. The van der Waals surface area contributed by atoms with Crippen molar-refractivity contribution in [3.63, 3.8) is 0 Å². The Hall–Kier alpha value is -1.96. The predicted octanol–water partition coefficient (Wildman–Crippen LogP) is 3.81. The molecule has 1 amide bonds. The lowest BCUT2D eigenvalue weighted by Gasteiger charge is -2.02. The fourth-order valence-corrected chi connectivity index (χ4v) is 3.77. The third-order valence-corrected chi connectivity index (χ3v) is 5.55. The zero-order valence-corrected chi connectivity index (χ0v) is 14.9. The van der Waals surface area contributed by atoms with Crippen molar-refractivity contribution in [3.8, 4) is 0 Å². The molecule has 0 bridgehead atoms. The van der Waals surface area contributed by atoms with Gasteiger partial charge in [-0.15, -0.1) is 10.2 Å². The van der Waals surface area contributed by atoms with Gasteiger partial charge in [-0.3, -0.25) is 4.79 Å². The minimum Gasteiger partial charge on any atom is -0.346 e. The summed E-state index contributed by atoms with van der Waals surface area (Å²) in [7, 11) is 0. The zero-order chi connectivity index (χ0) is 16.8. The molecule has 5 nitrogen and oxygen atoms in total. The van der Waals surface area contributed by atoms with Crippen LogP contribution in [0.25, 0.3) is 0 Å². The van der Waals surface area contributed by atoms with Gasteiger partial charge in [0.05, 0.1) is 10.8 Å². The van der Waals surface area contributed by atoms with Gasteiger partial charge < -0.3 is 5.32 Å². The number of hydrogen-bond donors (Lipinski definition) is 1. The Labute approximate surface area is 152 Å². The molecule has 0 unspecified atom stereocenters. The minimum atomic E-state index is -0.219. The highest BCUT2D eigenvalue weighted by atomic mass is 35.5. The minimum absolute atomic E-state index is 0.219. The molecule has 3 rings (SSSR count). The van der Waals surface area contributed by atoms with E-state index < -0.39 is 0 Å². The van der Waals surface area contributed by atoms with E-state index in [4.69, 9.17) is 11.6 Å². The molecular weight excluding hydrogens is 364 g/mol. The van der Waals surface area contributed by atoms with Crippen LogP contribution in [-0.4, -0.2) is 21.1 Å². The number of pyridine rings is 1. The van der Waals surface area contributed by atoms with Gasteiger partial charge in [0, 0.05) is 12.7 Å². The highest BCUT2D eigenvalue weighted by Crippen LogP contribution is 2.28. The Morgan fingerprint density at radius 3 is 2.79 bits per heavy atom. The van der Waals surface area contributed by atoms with Crippen LogP contribution in [0.1, 0.15) is 20.4 Å². The highest BCUT2D eigenvalue weighted by Gasteiger charge is 2.13. The zero-order valence-electron chi connectivity index (χ0n) is 12.5. The summed E-state index contributed by atoms with van der Waals surface area (Å²) in [6.45, 7) is 0.465. The van der Waals surface area contributed by atoms with Crippen molar-refractivity contribution in [1.82, 2.24) is 20.5 Å². The molecule has 0 saturated carbocycles. The normalized spacial score (nSPS) is 10.5. The molecule has 0 aliphatic carbocycles. The van der Waals surface area contributed by atoms with E-state index in [-0.39, 0.29) is 5.91 Å². The summed E-state index contributed by atoms with van der Waals surface area (Å²) in [5.74, 6) is 0.351. The fourth-order valence-electron chi connectivity index (χ4n) is 1.87. The molecule has 122 valence electrons. The van der Waals surface area contributed by atoms with E-state index in [2.05, 4.69) is 20.5 Å². The first kappa shape index (κ1) is 16.9. The molecule has 1 N–H and O–H groups in total. The third kappa shape index (κ3) is 4.53. The van der Waals surface area contributed by atoms with Gasteiger partial charge in [0.15, 0.2) is 0 Å². The van der Waals surface area contributed by atoms with Crippen LogP contribution >= 0.6 is 34.7 Å². The van der Waals surface area contributed by atoms with Gasteiger partial charge in [-0.25, -0.2) is 4.98 Å². The van der Waals surface area contributed by atoms with Crippen molar-refractivity contribution < 1.29 is 4.79 Å². The van der Waals surface area contributed by atoms with Crippen LogP contribution in [-0.2, 0) is 12.3 Å². The van der Waals surface area contributed by atoms with Crippen molar-refractivity contribution in [1.29, 1.82) is 0 Å². The molecule has 0 spiro atoms. The van der Waals surface area contributed by atoms with E-state index in [1.807, 2.05) is 30.3 Å². The molecular formula is C16H13ClN4OS2. The van der Waals surface area contributed by atoms with Gasteiger partial charge in [-0.2, -0.15) is 0 Å². The van der Waals surface area contributed by atoms with E-state index in [1.165, 1.54) is 23.1 Å². The molecule has 0 radical (unpaired) electrons. The SMILES string of the molecule is O=C(NCc1ccccc1)c1nnc(CSc2ncccc2Cl)s1. The molecule has 0 saturated heterocycles. The number of benzene rings is 1. The number of rotatable bonds is 6. The van der Waals surface area contributed by atoms with E-state index in [1.54, 1.807) is 18.3 Å². The standard InChI is InChI=1S/C16H13ClN4OS2/c17-12-7-4-8-18-15(12)23-10-13-20-21-16(24-13)14(22)19-9-11-5-2-1-3-6-11/h1-8H,9-10H2,(H,19,22). The smallest absolute Gasteiger partial charge is 0.282 e. The van der Waals surface area contributed by atoms with Gasteiger partial charge in [0.2, 0.25) is 5.01 Å². The lowest BCUT2D eigenvalue weighted by atomic mass is 10.2. The van der Waals surface area contributed by atoms with Gasteiger partial charge >= 0.3 is 0 Å². The van der Waals surface area contributed by atoms with E-state index in [0.717, 1.165) is 15.6 Å². The summed E-state index contributed by atoms with van der Waals surface area (Å²) < 4.78 is 0. The lowest BCUT2D eigenvalue weighted by Crippen LogP contribution is -2.22. The van der Waals surface area contributed by atoms with Crippen LogP contribution in [0.4, 0.5) is 0 Å². The molecule has 0 atom stereocenters. The van der Waals surface area contributed by atoms with Gasteiger partial charge in [-0.05, 0) is 17.7 Å². The van der Waals surface area contributed by atoms with Crippen molar-refractivity contribution in [3.05, 3.63) is 69.3 Å². The molecule has 2 aromatic heterocycles. The monoisotopic (exact) mass is 376 g/mol. The van der Waals surface area contributed by atoms with Crippen LogP contribution in [0, 0.1) is 0 Å². The maximum absolute atomic E-state index is 12.1. The fraction of sp³-hybridized carbons (Fsp3) is 0.125. The Bertz CT molecular complexity index is 826. The number of thioether (sulfide) groups is 1. The Balaban J connectivity index is 1.55. The number of hydrogen-bond acceptors (Lipinski definition) is 6. The van der Waals surface area contributed by atoms with Crippen LogP contribution in [0.5, 0.6) is 0 Å². The molecule has 1 aromatic carbocycles. The van der Waals surface area contributed by atoms with Crippen molar-refractivity contribution in [2.45, 2.75) is 17.3 Å². The topological polar surface area (TPSA) is 67.8 Å². The first-order valence-corrected chi connectivity index (χ1v) is 9.28. The number of aromatic nitrogens is 3. The van der Waals surface area contributed by atoms with Crippen molar-refractivity contribution in [2.75, 3.05) is 0 Å². The number of carbonyl (C=O) groups is 1. The molecule has 2 heterocycles. The number of carbonyl (C=O) groups excluding carboxylic acids is 1. The number of amides is 1. The third-order valence-electron chi connectivity index (χ3n) is 3.01. The second-order valence-electron chi connectivity index (χ2n) is 4.75. The summed E-state index contributed by atoms with van der Waals surface area (Å²) in [5.41, 5.74) is 1.04. The average Bonchev–Trinajstić information content (AvgIpc) is 3.09. The summed E-state index contributed by atoms with van der Waals surface area (Å²) in [6, 6.07) is 13.3. The Kier molecular flexibility index (Phi) is 5.79. The molecule has 0 fully saturated rings. The van der Waals surface area contributed by atoms with Gasteiger partial charge in [0.1, 0.15) is 10.0 Å². The molecule has 24 heavy (non-hydrogen) atoms. The van der Waals surface area contributed by atoms with Crippen LogP contribution in [0.15, 0.2) is 53.7 Å². The van der Waals surface area contributed by atoms with Crippen molar-refractivity contribution in [2.24, 2.45) is 0 Å². The van der Waals surface area contributed by atoms with Gasteiger partial charge in [-0.1, -0.05) is 65.0 Å². The summed E-state index contributed by atoms with van der Waals surface area (Å²) in [6.07, 6.45) is 1.69. The Morgan fingerprint density at radius 1 is 1.17 bits per heavy atom. The van der Waals surface area contributed by atoms with Gasteiger partial charge in [0.25, 0.3) is 5.91 Å². The predicted molar refractivity (Wildman–Crippen MR) is 96.3 cm³/mol. The lowest BCUT2D eigenvalue weighted by molar-refractivity contribution is 0.0950. The quantitative estimate of drug-likeness (QED) is 0.662. The summed E-state index contributed by atoms with van der Waals surface area (Å²) >= 11 is 8.81. The van der Waals surface area contributed by atoms with Crippen LogP contribution in [0.3, 0.4) is 0 Å². The van der Waals surface area contributed by atoms with E-state index in [0.29, 0.717) is 22.3 Å². The van der Waals surface area contributed by atoms with Crippen molar-refractivity contribution >= 4 is 40.6 Å². The Morgan fingerprint density at radius 2 is 2.00 bits per heavy atom. The number of nitrogens with one attached hydrogen (secondary N) is 1. The first-order valence-electron chi connectivity index (χ1n) is 7.10. The molecule has 3 aromatic rings. The van der Waals surface area contributed by atoms with Crippen LogP contribution in [0.2, 0.25) is 5.02 Å². The van der Waals surface area contributed by atoms with Crippen LogP contribution < -0.4 is 5.32 Å². The highest BCUT2D eigenvalue weighted by molar-refractivity contribution is 7.98. The number of nitrogens with zero attached hydrogens (tertiary/aromatic N) is 3. The largest absolute Gasteiger partial charge is 0.346 e. The maximum atomic E-state index is 12.1. The second kappa shape index (κ2) is 8.23. The number of halogens is 1. The molecule has 8 heteroatoms. The molecule has 0 aliphatic rings. The molecule has 0 aliphatic heterocycles. The maximum Gasteiger partial charge on any atom is 0.282 e. The van der Waals surface area contributed by atoms with E-state index >= 15 is 0 Å². The second-order valence-corrected chi connectivity index (χ2v) is 7.18. The van der Waals surface area contributed by atoms with E-state index in [9.17, 15) is 4.79 Å². The first-order chi connectivity index (χ1) is 11.7.